The van der Waals surface area contributed by atoms with E-state index >= 15 is 0 Å². The van der Waals surface area contributed by atoms with Gasteiger partial charge in [0.05, 0.1) is 0 Å². The van der Waals surface area contributed by atoms with Gasteiger partial charge in [0.25, 0.3) is 5.91 Å². The molecule has 4 rings (SSSR count). The summed E-state index contributed by atoms with van der Waals surface area (Å²) in [5.41, 5.74) is 2.18. The summed E-state index contributed by atoms with van der Waals surface area (Å²) in [6.07, 6.45) is 3.92. The van der Waals surface area contributed by atoms with E-state index in [9.17, 15) is 14.7 Å². The summed E-state index contributed by atoms with van der Waals surface area (Å²) >= 11 is 13.4. The molecule has 0 saturated heterocycles. The van der Waals surface area contributed by atoms with Crippen LogP contribution in [0, 0.1) is 0 Å². The number of rotatable bonds is 7. The van der Waals surface area contributed by atoms with E-state index in [1.165, 1.54) is 17.0 Å². The molecule has 2 amide bonds. The Kier molecular flexibility index (Phi) is 7.99. The normalized spacial score (nSPS) is 14.8. The Balaban J connectivity index is 1.83. The number of halogens is 2. The van der Waals surface area contributed by atoms with E-state index in [2.05, 4.69) is 23.5 Å². The zero-order valence-corrected chi connectivity index (χ0v) is 21.8. The highest BCUT2D eigenvalue weighted by Gasteiger charge is 2.37. The second-order valence-corrected chi connectivity index (χ2v) is 10.8. The van der Waals surface area contributed by atoms with Gasteiger partial charge < -0.3 is 10.4 Å². The number of hydrogen-bond donors (Lipinski definition) is 2. The molecule has 184 valence electrons. The molecule has 0 spiro atoms. The van der Waals surface area contributed by atoms with Crippen molar-refractivity contribution in [1.82, 2.24) is 9.69 Å². The summed E-state index contributed by atoms with van der Waals surface area (Å²) < 4.78 is 4.39. The molecule has 2 aromatic carbocycles. The molecule has 1 atom stereocenters. The van der Waals surface area contributed by atoms with Gasteiger partial charge in [0.15, 0.2) is 5.69 Å². The maximum Gasteiger partial charge on any atom is 0.280 e. The highest BCUT2D eigenvalue weighted by Crippen LogP contribution is 2.36. The van der Waals surface area contributed by atoms with Gasteiger partial charge in [0, 0.05) is 11.7 Å². The van der Waals surface area contributed by atoms with Crippen LogP contribution in [0.4, 0.5) is 5.69 Å². The van der Waals surface area contributed by atoms with E-state index in [0.717, 1.165) is 42.8 Å². The zero-order chi connectivity index (χ0) is 25.1. The number of benzene rings is 2. The second kappa shape index (κ2) is 11.0. The molecule has 0 aliphatic heterocycles. The Morgan fingerprint density at radius 2 is 1.63 bits per heavy atom. The number of nitrogens with zero attached hydrogens (tertiary/aromatic N) is 2. The van der Waals surface area contributed by atoms with Crippen molar-refractivity contribution in [3.8, 4) is 5.75 Å². The summed E-state index contributed by atoms with van der Waals surface area (Å²) in [6, 6.07) is 12.9. The summed E-state index contributed by atoms with van der Waals surface area (Å²) in [6.45, 7) is 4.17. The lowest BCUT2D eigenvalue weighted by Gasteiger charge is -2.32. The van der Waals surface area contributed by atoms with Crippen molar-refractivity contribution in [2.75, 3.05) is 4.90 Å². The third-order valence-corrected chi connectivity index (χ3v) is 7.88. The van der Waals surface area contributed by atoms with Gasteiger partial charge in [0.2, 0.25) is 5.91 Å². The molecule has 1 fully saturated rings. The van der Waals surface area contributed by atoms with E-state index < -0.39 is 11.9 Å². The molecule has 0 unspecified atom stereocenters. The van der Waals surface area contributed by atoms with Crippen LogP contribution in [-0.2, 0) is 4.79 Å². The molecule has 1 saturated carbocycles. The molecule has 0 radical (unpaired) electrons. The maximum absolute atomic E-state index is 13.9. The number of anilines is 1. The Bertz CT molecular complexity index is 1190. The van der Waals surface area contributed by atoms with Gasteiger partial charge in [-0.05, 0) is 65.7 Å². The number of phenols is 1. The van der Waals surface area contributed by atoms with E-state index in [1.807, 2.05) is 24.3 Å². The smallest absolute Gasteiger partial charge is 0.280 e. The fraction of sp³-hybridized carbons (Fsp3) is 0.346. The molecule has 9 heteroatoms. The Morgan fingerprint density at radius 3 is 2.17 bits per heavy atom. The van der Waals surface area contributed by atoms with E-state index in [1.54, 1.807) is 12.1 Å². The van der Waals surface area contributed by atoms with Crippen LogP contribution < -0.4 is 10.2 Å². The van der Waals surface area contributed by atoms with Crippen LogP contribution >= 0.6 is 34.7 Å². The number of carbonyl (C=O) groups excluding carboxylic acids is 2. The Hall–Kier alpha value is -2.61. The molecule has 6 nitrogen and oxygen atoms in total. The third kappa shape index (κ3) is 5.63. The van der Waals surface area contributed by atoms with E-state index in [4.69, 9.17) is 23.2 Å². The lowest BCUT2D eigenvalue weighted by Crippen LogP contribution is -2.46. The fourth-order valence-electron chi connectivity index (χ4n) is 4.33. The van der Waals surface area contributed by atoms with Crippen LogP contribution in [0.15, 0.2) is 48.5 Å². The van der Waals surface area contributed by atoms with Gasteiger partial charge >= 0.3 is 0 Å². The van der Waals surface area contributed by atoms with Crippen molar-refractivity contribution in [2.45, 2.75) is 57.5 Å². The minimum Gasteiger partial charge on any atom is -0.508 e. The van der Waals surface area contributed by atoms with Gasteiger partial charge in [0.1, 0.15) is 21.2 Å². The number of hydrogen-bond acceptors (Lipinski definition) is 5. The van der Waals surface area contributed by atoms with Crippen LogP contribution in [0.1, 0.15) is 73.1 Å². The van der Waals surface area contributed by atoms with Crippen molar-refractivity contribution in [3.05, 3.63) is 74.7 Å². The number of nitrogens with one attached hydrogen (secondary N) is 1. The monoisotopic (exact) mass is 531 g/mol. The fourth-order valence-corrected chi connectivity index (χ4v) is 5.32. The van der Waals surface area contributed by atoms with Crippen LogP contribution in [-0.4, -0.2) is 27.3 Å². The molecular formula is C26H27Cl2N3O3S. The molecule has 1 aromatic heterocycles. The Morgan fingerprint density at radius 1 is 1.03 bits per heavy atom. The summed E-state index contributed by atoms with van der Waals surface area (Å²) in [5.74, 6) is -0.466. The third-order valence-electron chi connectivity index (χ3n) is 6.27. The predicted octanol–water partition coefficient (Wildman–Crippen LogP) is 6.73. The van der Waals surface area contributed by atoms with Crippen LogP contribution in [0.3, 0.4) is 0 Å². The second-order valence-electron chi connectivity index (χ2n) is 9.02. The van der Waals surface area contributed by atoms with Crippen molar-refractivity contribution in [3.63, 3.8) is 0 Å². The Labute approximate surface area is 219 Å². The van der Waals surface area contributed by atoms with Gasteiger partial charge in [-0.3, -0.25) is 14.5 Å². The molecule has 1 aliphatic carbocycles. The number of aromatic hydroxyl groups is 1. The van der Waals surface area contributed by atoms with E-state index in [0.29, 0.717) is 17.2 Å². The lowest BCUT2D eigenvalue weighted by molar-refractivity contribution is -0.123. The lowest BCUT2D eigenvalue weighted by atomic mass is 9.99. The largest absolute Gasteiger partial charge is 0.508 e. The first-order chi connectivity index (χ1) is 16.8. The maximum atomic E-state index is 13.9. The van der Waals surface area contributed by atoms with E-state index in [-0.39, 0.29) is 32.8 Å². The average Bonchev–Trinajstić information content (AvgIpc) is 3.47. The highest BCUT2D eigenvalue weighted by molar-refractivity contribution is 7.11. The predicted molar refractivity (Wildman–Crippen MR) is 141 cm³/mol. The topological polar surface area (TPSA) is 82.5 Å². The van der Waals surface area contributed by atoms with Crippen LogP contribution in [0.25, 0.3) is 0 Å². The molecule has 2 N–H and O–H groups in total. The first-order valence-electron chi connectivity index (χ1n) is 11.6. The molecule has 1 heterocycles. The quantitative estimate of drug-likeness (QED) is 0.354. The molecule has 1 aliphatic rings. The first kappa shape index (κ1) is 25.5. The number of carbonyl (C=O) groups is 2. The summed E-state index contributed by atoms with van der Waals surface area (Å²) in [4.78, 5) is 29.1. The standard InChI is InChI=1S/C26H27Cl2N3O3S/c1-15(2)16-7-11-19(12-8-16)31(26(34)22-21(27)24(28)35-30-22)23(17-9-13-20(32)14-10-17)25(33)29-18-5-3-4-6-18/h7-15,18,23,32H,3-6H2,1-2H3,(H,29,33)/t23-/m1/s1. The highest BCUT2D eigenvalue weighted by atomic mass is 35.5. The first-order valence-corrected chi connectivity index (χ1v) is 13.1. The average molecular weight is 532 g/mol. The summed E-state index contributed by atoms with van der Waals surface area (Å²) in [5, 5.41) is 13.0. The summed E-state index contributed by atoms with van der Waals surface area (Å²) in [7, 11) is 0. The van der Waals surface area contributed by atoms with Gasteiger partial charge in [-0.1, -0.05) is 74.2 Å². The molecule has 3 aromatic rings. The molecule has 0 bridgehead atoms. The molecule has 35 heavy (non-hydrogen) atoms. The van der Waals surface area contributed by atoms with Gasteiger partial charge in [-0.2, -0.15) is 4.37 Å². The van der Waals surface area contributed by atoms with Crippen molar-refractivity contribution >= 4 is 52.2 Å². The van der Waals surface area contributed by atoms with Crippen LogP contribution in [0.5, 0.6) is 5.75 Å². The van der Waals surface area contributed by atoms with Crippen LogP contribution in [0.2, 0.25) is 9.36 Å². The minimum atomic E-state index is -1.01. The number of phenolic OH excluding ortho intramolecular Hbond substituents is 1. The van der Waals surface area contributed by atoms with Crippen molar-refractivity contribution in [2.24, 2.45) is 0 Å². The van der Waals surface area contributed by atoms with Gasteiger partial charge in [-0.15, -0.1) is 0 Å². The zero-order valence-electron chi connectivity index (χ0n) is 19.5. The number of aromatic nitrogens is 1. The van der Waals surface area contributed by atoms with Gasteiger partial charge in [-0.25, -0.2) is 0 Å². The minimum absolute atomic E-state index is 0.00736. The SMILES string of the molecule is CC(C)c1ccc(N(C(=O)c2nsc(Cl)c2Cl)[C@@H](C(=O)NC2CCCC2)c2ccc(O)cc2)cc1. The van der Waals surface area contributed by atoms with Crippen molar-refractivity contribution < 1.29 is 14.7 Å². The number of amides is 2. The molecular weight excluding hydrogens is 505 g/mol. The van der Waals surface area contributed by atoms with Crippen molar-refractivity contribution in [1.29, 1.82) is 0 Å².